The van der Waals surface area contributed by atoms with Crippen molar-refractivity contribution in [2.24, 2.45) is 5.92 Å². The molecule has 1 unspecified atom stereocenters. The maximum Gasteiger partial charge on any atom is 0.256 e. The van der Waals surface area contributed by atoms with Gasteiger partial charge in [-0.15, -0.1) is 0 Å². The first kappa shape index (κ1) is 21.3. The topological polar surface area (TPSA) is 65.5 Å². The maximum absolute atomic E-state index is 14.8. The molecule has 2 aromatic rings. The van der Waals surface area contributed by atoms with E-state index in [1.807, 2.05) is 13.8 Å². The minimum atomic E-state index is -0.566. The lowest BCUT2D eigenvalue weighted by atomic mass is 9.89. The summed E-state index contributed by atoms with van der Waals surface area (Å²) in [5.41, 5.74) is 3.97. The van der Waals surface area contributed by atoms with Crippen LogP contribution in [0.25, 0.3) is 0 Å². The van der Waals surface area contributed by atoms with E-state index in [1.165, 1.54) is 17.7 Å². The highest BCUT2D eigenvalue weighted by atomic mass is 19.1. The Morgan fingerprint density at radius 3 is 2.42 bits per heavy atom. The van der Waals surface area contributed by atoms with Gasteiger partial charge in [-0.25, -0.2) is 9.37 Å². The normalized spacial score (nSPS) is 21.4. The summed E-state index contributed by atoms with van der Waals surface area (Å²) in [6.07, 6.45) is 0. The van der Waals surface area contributed by atoms with Crippen molar-refractivity contribution in [3.05, 3.63) is 58.0 Å². The monoisotopic (exact) mass is 424 g/mol. The second-order valence-corrected chi connectivity index (χ2v) is 8.75. The number of nitrogens with zero attached hydrogens (tertiary/aromatic N) is 3. The van der Waals surface area contributed by atoms with Gasteiger partial charge in [0.1, 0.15) is 11.6 Å². The van der Waals surface area contributed by atoms with Gasteiger partial charge in [-0.3, -0.25) is 9.59 Å². The Hall–Kier alpha value is -2.96. The van der Waals surface area contributed by atoms with Crippen LogP contribution in [-0.4, -0.2) is 54.4 Å². The Balaban J connectivity index is 1.45. The van der Waals surface area contributed by atoms with Crippen LogP contribution in [0.2, 0.25) is 0 Å². The summed E-state index contributed by atoms with van der Waals surface area (Å²) >= 11 is 0. The third-order valence-corrected chi connectivity index (χ3v) is 6.53. The van der Waals surface area contributed by atoms with Crippen LogP contribution in [0.4, 0.5) is 10.2 Å². The fourth-order valence-corrected chi connectivity index (χ4v) is 4.57. The first-order chi connectivity index (χ1) is 14.8. The van der Waals surface area contributed by atoms with Crippen molar-refractivity contribution < 1.29 is 14.0 Å². The summed E-state index contributed by atoms with van der Waals surface area (Å²) in [4.78, 5) is 33.6. The van der Waals surface area contributed by atoms with Gasteiger partial charge < -0.3 is 15.1 Å². The van der Waals surface area contributed by atoms with Gasteiger partial charge in [-0.2, -0.15) is 0 Å². The molecule has 3 heterocycles. The van der Waals surface area contributed by atoms with Gasteiger partial charge >= 0.3 is 0 Å². The van der Waals surface area contributed by atoms with E-state index in [1.54, 1.807) is 11.0 Å². The Kier molecular flexibility index (Phi) is 5.69. The van der Waals surface area contributed by atoms with Crippen LogP contribution in [0.3, 0.4) is 0 Å². The largest absolute Gasteiger partial charge is 0.355 e. The molecule has 2 aliphatic heterocycles. The van der Waals surface area contributed by atoms with E-state index in [0.29, 0.717) is 38.3 Å². The van der Waals surface area contributed by atoms with Crippen molar-refractivity contribution in [2.75, 3.05) is 37.6 Å². The van der Waals surface area contributed by atoms with Gasteiger partial charge in [-0.1, -0.05) is 19.1 Å². The predicted molar refractivity (Wildman–Crippen MR) is 118 cm³/mol. The molecule has 2 aliphatic rings. The molecular weight excluding hydrogens is 395 g/mol. The lowest BCUT2D eigenvalue weighted by Gasteiger charge is -2.36. The van der Waals surface area contributed by atoms with Crippen LogP contribution in [0.5, 0.6) is 0 Å². The van der Waals surface area contributed by atoms with E-state index < -0.39 is 5.82 Å². The molecule has 2 fully saturated rings. The molecule has 2 saturated heterocycles. The Labute approximate surface area is 182 Å². The summed E-state index contributed by atoms with van der Waals surface area (Å²) in [5.74, 6) is -0.271. The number of pyridine rings is 1. The fourth-order valence-electron chi connectivity index (χ4n) is 4.57. The van der Waals surface area contributed by atoms with Gasteiger partial charge in [0.2, 0.25) is 5.91 Å². The number of amides is 2. The summed E-state index contributed by atoms with van der Waals surface area (Å²) in [5, 5.41) is 2.81. The van der Waals surface area contributed by atoms with Crippen molar-refractivity contribution in [1.82, 2.24) is 15.2 Å². The highest BCUT2D eigenvalue weighted by Gasteiger charge is 2.34. The van der Waals surface area contributed by atoms with Gasteiger partial charge in [0.05, 0.1) is 11.5 Å². The molecule has 1 aromatic heterocycles. The molecule has 4 rings (SSSR count). The van der Waals surface area contributed by atoms with Gasteiger partial charge in [0.25, 0.3) is 5.91 Å². The molecule has 0 aliphatic carbocycles. The van der Waals surface area contributed by atoms with Gasteiger partial charge in [-0.05, 0) is 55.5 Å². The average Bonchev–Trinajstić information content (AvgIpc) is 3.08. The number of nitrogens with one attached hydrogen (secondary N) is 1. The van der Waals surface area contributed by atoms with Crippen molar-refractivity contribution in [1.29, 1.82) is 0 Å². The van der Waals surface area contributed by atoms with Crippen LogP contribution in [-0.2, 0) is 4.79 Å². The highest BCUT2D eigenvalue weighted by molar-refractivity contribution is 5.95. The van der Waals surface area contributed by atoms with Gasteiger partial charge in [0, 0.05) is 38.4 Å². The number of anilines is 1. The Morgan fingerprint density at radius 1 is 1.10 bits per heavy atom. The number of piperazine rings is 1. The maximum atomic E-state index is 14.8. The average molecular weight is 425 g/mol. The standard InChI is InChI=1S/C24H29FN4O2/c1-14-11-15(2)22(27-17(14)4)28-7-9-29(10-8-28)24(31)19-6-5-18(12-20(19)25)21-16(3)13-26-23(21)30/h5-6,11-12,16,21H,7-10,13H2,1-4H3,(H,26,30)/t16?,21-/m1/s1. The summed E-state index contributed by atoms with van der Waals surface area (Å²) < 4.78 is 14.8. The van der Waals surface area contributed by atoms with E-state index >= 15 is 0 Å². The molecule has 0 bridgehead atoms. The molecule has 6 nitrogen and oxygen atoms in total. The van der Waals surface area contributed by atoms with E-state index in [2.05, 4.69) is 30.1 Å². The molecule has 1 aromatic carbocycles. The molecule has 1 N–H and O–H groups in total. The number of halogens is 1. The van der Waals surface area contributed by atoms with E-state index in [4.69, 9.17) is 4.98 Å². The number of carbonyl (C=O) groups excluding carboxylic acids is 2. The molecule has 0 saturated carbocycles. The van der Waals surface area contributed by atoms with Gasteiger partial charge in [0.15, 0.2) is 0 Å². The van der Waals surface area contributed by atoms with Crippen LogP contribution < -0.4 is 10.2 Å². The smallest absolute Gasteiger partial charge is 0.256 e. The number of carbonyl (C=O) groups is 2. The highest BCUT2D eigenvalue weighted by Crippen LogP contribution is 2.30. The van der Waals surface area contributed by atoms with Crippen molar-refractivity contribution in [3.63, 3.8) is 0 Å². The van der Waals surface area contributed by atoms with Crippen LogP contribution in [0.15, 0.2) is 24.3 Å². The quantitative estimate of drug-likeness (QED) is 0.823. The van der Waals surface area contributed by atoms with E-state index in [-0.39, 0.29) is 29.2 Å². The van der Waals surface area contributed by atoms with Crippen molar-refractivity contribution in [2.45, 2.75) is 33.6 Å². The van der Waals surface area contributed by atoms with E-state index in [9.17, 15) is 14.0 Å². The van der Waals surface area contributed by atoms with Crippen molar-refractivity contribution in [3.8, 4) is 0 Å². The Morgan fingerprint density at radius 2 is 1.81 bits per heavy atom. The third kappa shape index (κ3) is 4.01. The number of hydrogen-bond acceptors (Lipinski definition) is 4. The number of rotatable bonds is 3. The number of aromatic nitrogens is 1. The molecule has 0 spiro atoms. The first-order valence-corrected chi connectivity index (χ1v) is 10.8. The zero-order chi connectivity index (χ0) is 22.3. The second kappa shape index (κ2) is 8.29. The minimum absolute atomic E-state index is 0.0590. The molecular formula is C24H29FN4O2. The summed E-state index contributed by atoms with van der Waals surface area (Å²) in [6.45, 7) is 11.0. The molecule has 7 heteroatoms. The fraction of sp³-hybridized carbons (Fsp3) is 0.458. The third-order valence-electron chi connectivity index (χ3n) is 6.53. The van der Waals surface area contributed by atoms with Crippen LogP contribution in [0.1, 0.15) is 45.6 Å². The zero-order valence-electron chi connectivity index (χ0n) is 18.5. The predicted octanol–water partition coefficient (Wildman–Crippen LogP) is 2.96. The molecule has 2 amide bonds. The molecule has 0 radical (unpaired) electrons. The summed E-state index contributed by atoms with van der Waals surface area (Å²) in [7, 11) is 0. The number of hydrogen-bond donors (Lipinski definition) is 1. The minimum Gasteiger partial charge on any atom is -0.355 e. The zero-order valence-corrected chi connectivity index (χ0v) is 18.5. The number of aryl methyl sites for hydroxylation is 3. The summed E-state index contributed by atoms with van der Waals surface area (Å²) in [6, 6.07) is 6.71. The second-order valence-electron chi connectivity index (χ2n) is 8.75. The van der Waals surface area contributed by atoms with Crippen LogP contribution in [0, 0.1) is 32.5 Å². The first-order valence-electron chi connectivity index (χ1n) is 10.8. The lowest BCUT2D eigenvalue weighted by molar-refractivity contribution is -0.120. The SMILES string of the molecule is Cc1cc(C)c(N2CCN(C(=O)c3ccc([C@@H]4C(=O)NCC4C)cc3F)CC2)nc1C. The number of benzene rings is 1. The molecule has 2 atom stereocenters. The van der Waals surface area contributed by atoms with E-state index in [0.717, 1.165) is 17.1 Å². The lowest BCUT2D eigenvalue weighted by Crippen LogP contribution is -2.49. The molecule has 164 valence electrons. The Bertz CT molecular complexity index is 1030. The van der Waals surface area contributed by atoms with Crippen LogP contribution >= 0.6 is 0 Å². The van der Waals surface area contributed by atoms with Crippen molar-refractivity contribution >= 4 is 17.6 Å². The molecule has 31 heavy (non-hydrogen) atoms.